The maximum absolute atomic E-state index is 11.9. The van der Waals surface area contributed by atoms with Gasteiger partial charge in [-0.25, -0.2) is 5.43 Å². The number of hydrogen-bond donors (Lipinski definition) is 2. The topological polar surface area (TPSA) is 81.7 Å². The first-order valence-electron chi connectivity index (χ1n) is 16.5. The van der Waals surface area contributed by atoms with Crippen molar-refractivity contribution >= 4 is 30.1 Å². The van der Waals surface area contributed by atoms with Crippen LogP contribution in [0, 0.1) is 0 Å². The molecule has 1 fully saturated rings. The van der Waals surface area contributed by atoms with Gasteiger partial charge in [-0.3, -0.25) is 5.01 Å². The van der Waals surface area contributed by atoms with Crippen molar-refractivity contribution in [2.24, 2.45) is 0 Å². The van der Waals surface area contributed by atoms with Crippen LogP contribution in [0.4, 0.5) is 11.4 Å². The van der Waals surface area contributed by atoms with Gasteiger partial charge < -0.3 is 28.5 Å². The van der Waals surface area contributed by atoms with Crippen molar-refractivity contribution in [1.29, 1.82) is 0 Å². The second kappa shape index (κ2) is 16.3. The van der Waals surface area contributed by atoms with Crippen LogP contribution in [-0.2, 0) is 23.4 Å². The zero-order valence-electron chi connectivity index (χ0n) is 28.9. The first kappa shape index (κ1) is 35.9. The molecule has 5 rings (SSSR count). The van der Waals surface area contributed by atoms with Crippen LogP contribution >= 0.6 is 0 Å². The van der Waals surface area contributed by atoms with E-state index >= 15 is 0 Å². The van der Waals surface area contributed by atoms with Crippen LogP contribution in [0.5, 0.6) is 0 Å². The van der Waals surface area contributed by atoms with E-state index < -0.39 is 44.9 Å². The molecule has 2 N–H and O–H groups in total. The Balaban J connectivity index is 1.61. The van der Waals surface area contributed by atoms with Crippen LogP contribution in [0.15, 0.2) is 121 Å². The predicted octanol–water partition coefficient (Wildman–Crippen LogP) is 5.08. The molecule has 1 aliphatic heterocycles. The molecular weight excluding hydrogens is 621 g/mol. The van der Waals surface area contributed by atoms with Gasteiger partial charge in [-0.05, 0) is 39.7 Å². The van der Waals surface area contributed by atoms with Crippen molar-refractivity contribution in [1.82, 2.24) is 5.43 Å². The van der Waals surface area contributed by atoms with Crippen molar-refractivity contribution in [3.05, 3.63) is 121 Å². The number of anilines is 2. The van der Waals surface area contributed by atoms with Gasteiger partial charge in [-0.1, -0.05) is 118 Å². The zero-order valence-corrected chi connectivity index (χ0v) is 29.9. The molecule has 0 unspecified atom stereocenters. The molecule has 0 saturated carbocycles. The quantitative estimate of drug-likeness (QED) is 0.134. The predicted molar refractivity (Wildman–Crippen MR) is 194 cm³/mol. The fourth-order valence-electron chi connectivity index (χ4n) is 6.89. The molecule has 1 aliphatic rings. The normalized spacial score (nSPS) is 21.1. The summed E-state index contributed by atoms with van der Waals surface area (Å²) in [5.74, 6) is 0. The second-order valence-corrected chi connectivity index (χ2v) is 17.5. The highest BCUT2D eigenvalue weighted by atomic mass is 28.4. The number of nitrogens with one attached hydrogen (secondary N) is 1. The van der Waals surface area contributed by atoms with Crippen LogP contribution in [0.2, 0.25) is 5.04 Å². The number of benzene rings is 4. The van der Waals surface area contributed by atoms with Gasteiger partial charge in [-0.2, -0.15) is 0 Å². The average Bonchev–Trinajstić information content (AvgIpc) is 3.45. The van der Waals surface area contributed by atoms with E-state index in [-0.39, 0.29) is 18.3 Å². The van der Waals surface area contributed by atoms with Crippen molar-refractivity contribution in [3.63, 3.8) is 0 Å². The number of aliphatic hydroxyl groups is 1. The van der Waals surface area contributed by atoms with E-state index in [9.17, 15) is 5.11 Å². The minimum absolute atomic E-state index is 0.232. The molecular formula is C39H50N2O6Si. The van der Waals surface area contributed by atoms with Gasteiger partial charge in [0, 0.05) is 21.3 Å². The third-order valence-corrected chi connectivity index (χ3v) is 14.2. The highest BCUT2D eigenvalue weighted by Gasteiger charge is 2.54. The molecule has 0 aromatic heterocycles. The fraction of sp³-hybridized carbons (Fsp3) is 0.385. The molecule has 0 amide bonds. The van der Waals surface area contributed by atoms with E-state index in [1.165, 1.54) is 10.4 Å². The van der Waals surface area contributed by atoms with Crippen LogP contribution in [0.1, 0.15) is 20.8 Å². The van der Waals surface area contributed by atoms with Crippen molar-refractivity contribution in [2.75, 3.05) is 39.6 Å². The van der Waals surface area contributed by atoms with Gasteiger partial charge in [-0.15, -0.1) is 0 Å². The molecule has 6 atom stereocenters. The Morgan fingerprint density at radius 2 is 1.21 bits per heavy atom. The maximum atomic E-state index is 11.9. The van der Waals surface area contributed by atoms with E-state index in [4.69, 9.17) is 23.4 Å². The van der Waals surface area contributed by atoms with Crippen LogP contribution in [0.3, 0.4) is 0 Å². The van der Waals surface area contributed by atoms with Gasteiger partial charge in [0.15, 0.2) is 0 Å². The molecule has 48 heavy (non-hydrogen) atoms. The van der Waals surface area contributed by atoms with Gasteiger partial charge >= 0.3 is 0 Å². The lowest BCUT2D eigenvalue weighted by Crippen LogP contribution is -2.68. The summed E-state index contributed by atoms with van der Waals surface area (Å²) in [4.78, 5) is 0. The SMILES string of the molecule is COC[C@H](OC)[C@H]1O[C@H]([C@@H](CO[Si](c2ccccc2)(c2ccccc2)C(C)(C)C)NN(c2ccccc2)c2ccccc2)[C@H](O)[C@H]1OC. The Morgan fingerprint density at radius 3 is 1.62 bits per heavy atom. The highest BCUT2D eigenvalue weighted by Crippen LogP contribution is 2.38. The maximum Gasteiger partial charge on any atom is 0.261 e. The molecule has 256 valence electrons. The molecule has 1 heterocycles. The summed E-state index contributed by atoms with van der Waals surface area (Å²) < 4.78 is 31.3. The molecule has 0 bridgehead atoms. The number of para-hydroxylation sites is 2. The van der Waals surface area contributed by atoms with Crippen molar-refractivity contribution in [3.8, 4) is 0 Å². The number of rotatable bonds is 15. The third kappa shape index (κ3) is 7.59. The number of nitrogens with zero attached hydrogens (tertiary/aromatic N) is 1. The first-order chi connectivity index (χ1) is 23.2. The summed E-state index contributed by atoms with van der Waals surface area (Å²) in [5, 5.41) is 16.1. The molecule has 4 aromatic carbocycles. The number of hydrogen-bond acceptors (Lipinski definition) is 8. The summed E-state index contributed by atoms with van der Waals surface area (Å²) >= 11 is 0. The van der Waals surface area contributed by atoms with E-state index in [0.717, 1.165) is 11.4 Å². The lowest BCUT2D eigenvalue weighted by Gasteiger charge is -2.44. The molecule has 1 saturated heterocycles. The number of methoxy groups -OCH3 is 3. The minimum Gasteiger partial charge on any atom is -0.406 e. The van der Waals surface area contributed by atoms with Crippen LogP contribution in [-0.4, -0.2) is 84.5 Å². The lowest BCUT2D eigenvalue weighted by atomic mass is 10.0. The number of hydrazine groups is 1. The fourth-order valence-corrected chi connectivity index (χ4v) is 11.5. The molecule has 0 radical (unpaired) electrons. The highest BCUT2D eigenvalue weighted by molar-refractivity contribution is 6.99. The van der Waals surface area contributed by atoms with Crippen molar-refractivity contribution < 1.29 is 28.5 Å². The van der Waals surface area contributed by atoms with Gasteiger partial charge in [0.2, 0.25) is 0 Å². The second-order valence-electron chi connectivity index (χ2n) is 13.2. The van der Waals surface area contributed by atoms with Gasteiger partial charge in [0.25, 0.3) is 8.32 Å². The number of ether oxygens (including phenoxy) is 4. The monoisotopic (exact) mass is 670 g/mol. The standard InChI is InChI=1S/C39H50N2O6Si/c1-39(2,3)48(31-23-15-9-16-24-31,32-25-17-10-18-26-32)46-27-33(36-35(42)38(45-6)37(47-36)34(44-5)28-43-4)40-41(29-19-11-7-12-20-29)30-21-13-8-14-22-30/h7-26,33-38,40,42H,27-28H2,1-6H3/t33-,34+,35+,36-,37-,38-/m1/s1. The summed E-state index contributed by atoms with van der Waals surface area (Å²) in [6.07, 6.45) is -3.36. The molecule has 0 spiro atoms. The van der Waals surface area contributed by atoms with E-state index in [0.29, 0.717) is 0 Å². The smallest absolute Gasteiger partial charge is 0.261 e. The Morgan fingerprint density at radius 1 is 0.729 bits per heavy atom. The molecule has 4 aromatic rings. The van der Waals surface area contributed by atoms with Gasteiger partial charge in [0.05, 0.1) is 30.6 Å². The molecule has 9 heteroatoms. The van der Waals surface area contributed by atoms with E-state index in [1.54, 1.807) is 21.3 Å². The van der Waals surface area contributed by atoms with Crippen LogP contribution in [0.25, 0.3) is 0 Å². The minimum atomic E-state index is -2.95. The molecule has 0 aliphatic carbocycles. The van der Waals surface area contributed by atoms with Gasteiger partial charge in [0.1, 0.15) is 30.5 Å². The van der Waals surface area contributed by atoms with E-state index in [1.807, 2.05) is 77.8 Å². The van der Waals surface area contributed by atoms with Crippen molar-refractivity contribution in [2.45, 2.75) is 62.4 Å². The lowest BCUT2D eigenvalue weighted by molar-refractivity contribution is -0.113. The Hall–Kier alpha value is -3.38. The zero-order chi connectivity index (χ0) is 34.1. The largest absolute Gasteiger partial charge is 0.406 e. The summed E-state index contributed by atoms with van der Waals surface area (Å²) in [7, 11) is 1.88. The van der Waals surface area contributed by atoms with E-state index in [2.05, 4.69) is 74.7 Å². The Kier molecular flexibility index (Phi) is 12.2. The number of aliphatic hydroxyl groups excluding tert-OH is 1. The summed E-state index contributed by atoms with van der Waals surface area (Å²) in [6, 6.07) is 40.8. The Labute approximate surface area is 286 Å². The molecule has 8 nitrogen and oxygen atoms in total. The summed E-state index contributed by atoms with van der Waals surface area (Å²) in [5.41, 5.74) is 5.62. The average molecular weight is 671 g/mol. The first-order valence-corrected chi connectivity index (χ1v) is 18.5. The summed E-state index contributed by atoms with van der Waals surface area (Å²) in [6.45, 7) is 7.29. The van der Waals surface area contributed by atoms with Crippen LogP contribution < -0.4 is 20.8 Å². The third-order valence-electron chi connectivity index (χ3n) is 9.20. The Bertz CT molecular complexity index is 1430.